The van der Waals surface area contributed by atoms with Gasteiger partial charge in [0.25, 0.3) is 0 Å². The van der Waals surface area contributed by atoms with Crippen molar-refractivity contribution in [2.45, 2.75) is 13.5 Å². The van der Waals surface area contributed by atoms with Gasteiger partial charge in [0.2, 0.25) is 0 Å². The highest BCUT2D eigenvalue weighted by atomic mass is 32.1. The zero-order valence-electron chi connectivity index (χ0n) is 17.5. The van der Waals surface area contributed by atoms with Gasteiger partial charge in [0.05, 0.1) is 29.6 Å². The Balaban J connectivity index is 1.85. The highest BCUT2D eigenvalue weighted by Crippen LogP contribution is 2.40. The number of aryl methyl sites for hydroxylation is 1. The predicted octanol–water partition coefficient (Wildman–Crippen LogP) is 6.04. The van der Waals surface area contributed by atoms with Crippen LogP contribution in [0.2, 0.25) is 0 Å². The molecule has 3 heterocycles. The van der Waals surface area contributed by atoms with Crippen LogP contribution in [0.25, 0.3) is 43.1 Å². The fourth-order valence-electron chi connectivity index (χ4n) is 3.78. The van der Waals surface area contributed by atoms with Crippen LogP contribution in [0.5, 0.6) is 5.75 Å². The molecule has 0 radical (unpaired) electrons. The molecule has 0 saturated heterocycles. The maximum absolute atomic E-state index is 5.48. The third kappa shape index (κ3) is 3.54. The highest BCUT2D eigenvalue weighted by molar-refractivity contribution is 7.25. The first kappa shape index (κ1) is 19.6. The second-order valence-corrected chi connectivity index (χ2v) is 8.31. The Labute approximate surface area is 184 Å². The third-order valence-corrected chi connectivity index (χ3v) is 6.27. The molecule has 0 atom stereocenters. The van der Waals surface area contributed by atoms with Crippen LogP contribution in [-0.4, -0.2) is 29.2 Å². The molecular weight excluding hydrogens is 406 g/mol. The quantitative estimate of drug-likeness (QED) is 0.342. The number of rotatable bonds is 5. The summed E-state index contributed by atoms with van der Waals surface area (Å²) in [6.45, 7) is 2.52. The number of benzene rings is 2. The summed E-state index contributed by atoms with van der Waals surface area (Å²) >= 11 is 1.64. The molecule has 6 heteroatoms. The minimum Gasteiger partial charge on any atom is -0.497 e. The number of aromatic nitrogens is 3. The number of nitrogens with zero attached hydrogens (tertiary/aromatic N) is 3. The van der Waals surface area contributed by atoms with Gasteiger partial charge in [-0.25, -0.2) is 15.0 Å². The Hall–Kier alpha value is -3.35. The van der Waals surface area contributed by atoms with Gasteiger partial charge in [-0.2, -0.15) is 0 Å². The van der Waals surface area contributed by atoms with Crippen molar-refractivity contribution in [3.05, 3.63) is 71.9 Å². The van der Waals surface area contributed by atoms with Crippen LogP contribution >= 0.6 is 11.3 Å². The normalized spacial score (nSPS) is 11.3. The molecule has 31 heavy (non-hydrogen) atoms. The molecule has 154 valence electrons. The lowest BCUT2D eigenvalue weighted by Gasteiger charge is -2.08. The molecule has 0 aliphatic carbocycles. The average molecular weight is 428 g/mol. The summed E-state index contributed by atoms with van der Waals surface area (Å²) in [6.07, 6.45) is 0. The van der Waals surface area contributed by atoms with Crippen LogP contribution < -0.4 is 4.74 Å². The lowest BCUT2D eigenvalue weighted by atomic mass is 10.1. The molecule has 0 N–H and O–H groups in total. The number of ether oxygens (including phenoxy) is 2. The molecule has 0 aliphatic rings. The second kappa shape index (κ2) is 8.06. The van der Waals surface area contributed by atoms with Crippen LogP contribution in [-0.2, 0) is 11.3 Å². The summed E-state index contributed by atoms with van der Waals surface area (Å²) in [5.41, 5.74) is 5.89. The Bertz CT molecular complexity index is 1380. The monoisotopic (exact) mass is 427 g/mol. The first-order valence-electron chi connectivity index (χ1n) is 9.97. The van der Waals surface area contributed by atoms with Crippen LogP contribution in [0.3, 0.4) is 0 Å². The molecule has 0 amide bonds. The van der Waals surface area contributed by atoms with E-state index in [1.807, 2.05) is 49.4 Å². The van der Waals surface area contributed by atoms with E-state index in [2.05, 4.69) is 18.2 Å². The van der Waals surface area contributed by atoms with E-state index in [1.54, 1.807) is 25.6 Å². The number of fused-ring (bicyclic) bond motifs is 3. The highest BCUT2D eigenvalue weighted by Gasteiger charge is 2.19. The molecule has 5 nitrogen and oxygen atoms in total. The Morgan fingerprint density at radius 1 is 0.871 bits per heavy atom. The van der Waals surface area contributed by atoms with Crippen molar-refractivity contribution < 1.29 is 9.47 Å². The second-order valence-electron chi connectivity index (χ2n) is 7.31. The SMILES string of the molecule is COCc1cc(C)nc2sc3c(-c4ccccc4)nc(-c4ccc(OC)cc4)nc3c12. The Kier molecular flexibility index (Phi) is 5.10. The van der Waals surface area contributed by atoms with Crippen molar-refractivity contribution in [3.8, 4) is 28.4 Å². The van der Waals surface area contributed by atoms with E-state index in [4.69, 9.17) is 24.4 Å². The van der Waals surface area contributed by atoms with Gasteiger partial charge >= 0.3 is 0 Å². The smallest absolute Gasteiger partial charge is 0.160 e. The molecule has 0 spiro atoms. The molecule has 0 saturated carbocycles. The van der Waals surface area contributed by atoms with Crippen molar-refractivity contribution in [2.75, 3.05) is 14.2 Å². The minimum absolute atomic E-state index is 0.508. The van der Waals surface area contributed by atoms with Gasteiger partial charge in [-0.15, -0.1) is 11.3 Å². The van der Waals surface area contributed by atoms with E-state index < -0.39 is 0 Å². The van der Waals surface area contributed by atoms with Crippen LogP contribution in [0.15, 0.2) is 60.7 Å². The molecule has 0 bridgehead atoms. The molecule has 0 unspecified atom stereocenters. The van der Waals surface area contributed by atoms with E-state index in [1.165, 1.54) is 0 Å². The number of thiophene rings is 1. The number of methoxy groups -OCH3 is 2. The van der Waals surface area contributed by atoms with E-state index >= 15 is 0 Å². The minimum atomic E-state index is 0.508. The lowest BCUT2D eigenvalue weighted by molar-refractivity contribution is 0.186. The third-order valence-electron chi connectivity index (χ3n) is 5.19. The van der Waals surface area contributed by atoms with Crippen molar-refractivity contribution in [3.63, 3.8) is 0 Å². The van der Waals surface area contributed by atoms with Gasteiger partial charge in [-0.3, -0.25) is 0 Å². The van der Waals surface area contributed by atoms with E-state index in [0.29, 0.717) is 12.4 Å². The van der Waals surface area contributed by atoms with Crippen molar-refractivity contribution in [2.24, 2.45) is 0 Å². The number of hydrogen-bond donors (Lipinski definition) is 0. The van der Waals surface area contributed by atoms with Crippen molar-refractivity contribution in [1.29, 1.82) is 0 Å². The average Bonchev–Trinajstić information content (AvgIpc) is 3.17. The predicted molar refractivity (Wildman–Crippen MR) is 126 cm³/mol. The van der Waals surface area contributed by atoms with Gasteiger partial charge in [0, 0.05) is 29.3 Å². The maximum Gasteiger partial charge on any atom is 0.160 e. The molecule has 2 aromatic carbocycles. The first-order valence-corrected chi connectivity index (χ1v) is 10.8. The summed E-state index contributed by atoms with van der Waals surface area (Å²) in [5.74, 6) is 1.48. The molecule has 3 aromatic heterocycles. The molecule has 5 aromatic rings. The van der Waals surface area contributed by atoms with Crippen LogP contribution in [0.1, 0.15) is 11.3 Å². The standard InChI is InChI=1S/C25H21N3O2S/c1-15-13-18(14-29-2)20-22-23(31-25(20)26-15)21(16-7-5-4-6-8-16)27-24(28-22)17-9-11-19(30-3)12-10-17/h4-13H,14H2,1-3H3. The topological polar surface area (TPSA) is 57.1 Å². The summed E-state index contributed by atoms with van der Waals surface area (Å²) in [4.78, 5) is 15.8. The number of pyridine rings is 1. The van der Waals surface area contributed by atoms with Gasteiger partial charge in [0.1, 0.15) is 10.6 Å². The largest absolute Gasteiger partial charge is 0.497 e. The summed E-state index contributed by atoms with van der Waals surface area (Å²) in [7, 11) is 3.37. The lowest BCUT2D eigenvalue weighted by Crippen LogP contribution is -1.96. The van der Waals surface area contributed by atoms with Gasteiger partial charge in [-0.1, -0.05) is 30.3 Å². The first-order chi connectivity index (χ1) is 15.2. The van der Waals surface area contributed by atoms with E-state index in [-0.39, 0.29) is 0 Å². The maximum atomic E-state index is 5.48. The van der Waals surface area contributed by atoms with Crippen molar-refractivity contribution >= 4 is 31.8 Å². The summed E-state index contributed by atoms with van der Waals surface area (Å²) in [5, 5.41) is 1.04. The Morgan fingerprint density at radius 2 is 1.65 bits per heavy atom. The zero-order valence-corrected chi connectivity index (χ0v) is 18.4. The van der Waals surface area contributed by atoms with E-state index in [9.17, 15) is 0 Å². The van der Waals surface area contributed by atoms with Gasteiger partial charge < -0.3 is 9.47 Å². The van der Waals surface area contributed by atoms with Gasteiger partial charge in [-0.05, 0) is 42.8 Å². The fourth-order valence-corrected chi connectivity index (χ4v) is 5.00. The molecule has 5 rings (SSSR count). The van der Waals surface area contributed by atoms with Crippen LogP contribution in [0.4, 0.5) is 0 Å². The molecule has 0 fully saturated rings. The number of hydrogen-bond acceptors (Lipinski definition) is 6. The Morgan fingerprint density at radius 3 is 2.35 bits per heavy atom. The summed E-state index contributed by atoms with van der Waals surface area (Å²) < 4.78 is 11.8. The fraction of sp³-hybridized carbons (Fsp3) is 0.160. The van der Waals surface area contributed by atoms with Crippen LogP contribution in [0, 0.1) is 6.92 Å². The molecular formula is C25H21N3O2S. The van der Waals surface area contributed by atoms with Gasteiger partial charge in [0.15, 0.2) is 5.82 Å². The molecule has 0 aliphatic heterocycles. The van der Waals surface area contributed by atoms with Crippen molar-refractivity contribution in [1.82, 2.24) is 15.0 Å². The summed E-state index contributed by atoms with van der Waals surface area (Å²) in [6, 6.07) is 20.1. The van der Waals surface area contributed by atoms with E-state index in [0.717, 1.165) is 54.3 Å². The zero-order chi connectivity index (χ0) is 21.4.